The third kappa shape index (κ3) is 3.02. The van der Waals surface area contributed by atoms with Crippen molar-refractivity contribution in [2.45, 2.75) is 6.42 Å². The summed E-state index contributed by atoms with van der Waals surface area (Å²) < 4.78 is 5.34. The number of carbonyl (C=O) groups is 1. The van der Waals surface area contributed by atoms with Gasteiger partial charge in [-0.15, -0.1) is 0 Å². The number of aromatic nitrogens is 1. The first-order valence-corrected chi connectivity index (χ1v) is 8.66. The molecule has 4 rings (SSSR count). The number of para-hydroxylation sites is 1. The molecule has 0 aliphatic heterocycles. The van der Waals surface area contributed by atoms with E-state index in [2.05, 4.69) is 28.5 Å². The van der Waals surface area contributed by atoms with Crippen LogP contribution >= 0.6 is 0 Å². The number of methoxy groups -OCH3 is 1. The van der Waals surface area contributed by atoms with Crippen molar-refractivity contribution in [2.24, 2.45) is 0 Å². The third-order valence-corrected chi connectivity index (χ3v) is 4.69. The monoisotopic (exact) mass is 344 g/mol. The summed E-state index contributed by atoms with van der Waals surface area (Å²) in [5.41, 5.74) is 2.85. The van der Waals surface area contributed by atoms with Crippen molar-refractivity contribution in [3.8, 4) is 5.75 Å². The predicted molar refractivity (Wildman–Crippen MR) is 105 cm³/mol. The van der Waals surface area contributed by atoms with Gasteiger partial charge < -0.3 is 15.0 Å². The number of nitrogens with one attached hydrogen (secondary N) is 2. The Morgan fingerprint density at radius 3 is 2.81 bits per heavy atom. The van der Waals surface area contributed by atoms with E-state index in [0.29, 0.717) is 12.1 Å². The van der Waals surface area contributed by atoms with Crippen molar-refractivity contribution in [1.29, 1.82) is 0 Å². The van der Waals surface area contributed by atoms with Gasteiger partial charge in [0.05, 0.1) is 12.7 Å². The number of carbonyl (C=O) groups excluding carboxylic acids is 1. The molecular weight excluding hydrogens is 324 g/mol. The van der Waals surface area contributed by atoms with Crippen LogP contribution in [-0.2, 0) is 6.42 Å². The summed E-state index contributed by atoms with van der Waals surface area (Å²) in [6, 6.07) is 20.1. The highest BCUT2D eigenvalue weighted by Crippen LogP contribution is 2.24. The van der Waals surface area contributed by atoms with Gasteiger partial charge in [0.25, 0.3) is 5.91 Å². The molecule has 1 aromatic heterocycles. The van der Waals surface area contributed by atoms with Crippen molar-refractivity contribution in [3.63, 3.8) is 0 Å². The van der Waals surface area contributed by atoms with E-state index >= 15 is 0 Å². The Kier molecular flexibility index (Phi) is 4.32. The molecule has 0 atom stereocenters. The molecule has 0 aliphatic rings. The Labute approximate surface area is 151 Å². The average Bonchev–Trinajstić information content (AvgIpc) is 3.12. The molecule has 0 fully saturated rings. The SMILES string of the molecule is COc1ccc2cccc(CCNC(=O)c3c[nH]c4ccccc34)c2c1. The molecule has 3 aromatic carbocycles. The van der Waals surface area contributed by atoms with Gasteiger partial charge in [0, 0.05) is 23.6 Å². The maximum atomic E-state index is 12.5. The molecular formula is C22H20N2O2. The van der Waals surface area contributed by atoms with Crippen LogP contribution in [-0.4, -0.2) is 24.5 Å². The Morgan fingerprint density at radius 2 is 1.92 bits per heavy atom. The highest BCUT2D eigenvalue weighted by molar-refractivity contribution is 6.06. The molecule has 1 heterocycles. The van der Waals surface area contributed by atoms with Crippen molar-refractivity contribution < 1.29 is 9.53 Å². The molecule has 4 heteroatoms. The Hall–Kier alpha value is -3.27. The quantitative estimate of drug-likeness (QED) is 0.567. The van der Waals surface area contributed by atoms with Crippen molar-refractivity contribution >= 4 is 27.6 Å². The number of aromatic amines is 1. The zero-order valence-corrected chi connectivity index (χ0v) is 14.6. The molecule has 4 nitrogen and oxygen atoms in total. The fourth-order valence-corrected chi connectivity index (χ4v) is 3.33. The molecule has 0 saturated carbocycles. The molecule has 0 spiro atoms. The lowest BCUT2D eigenvalue weighted by Gasteiger charge is -2.09. The predicted octanol–water partition coefficient (Wildman–Crippen LogP) is 4.30. The largest absolute Gasteiger partial charge is 0.497 e. The molecule has 4 aromatic rings. The normalized spacial score (nSPS) is 11.0. The lowest BCUT2D eigenvalue weighted by Crippen LogP contribution is -2.25. The van der Waals surface area contributed by atoms with E-state index in [1.807, 2.05) is 42.5 Å². The number of hydrogen-bond donors (Lipinski definition) is 2. The fourth-order valence-electron chi connectivity index (χ4n) is 3.33. The Morgan fingerprint density at radius 1 is 1.04 bits per heavy atom. The second-order valence-corrected chi connectivity index (χ2v) is 6.26. The fraction of sp³-hybridized carbons (Fsp3) is 0.136. The molecule has 0 aliphatic carbocycles. The summed E-state index contributed by atoms with van der Waals surface area (Å²) in [7, 11) is 1.67. The minimum Gasteiger partial charge on any atom is -0.497 e. The van der Waals surface area contributed by atoms with Crippen molar-refractivity contribution in [2.75, 3.05) is 13.7 Å². The van der Waals surface area contributed by atoms with E-state index in [1.165, 1.54) is 10.9 Å². The van der Waals surface area contributed by atoms with Crippen LogP contribution in [0.1, 0.15) is 15.9 Å². The number of rotatable bonds is 5. The molecule has 1 amide bonds. The zero-order valence-electron chi connectivity index (χ0n) is 14.6. The summed E-state index contributed by atoms with van der Waals surface area (Å²) >= 11 is 0. The smallest absolute Gasteiger partial charge is 0.253 e. The molecule has 0 saturated heterocycles. The molecule has 0 bridgehead atoms. The Balaban J connectivity index is 1.49. The van der Waals surface area contributed by atoms with Crippen molar-refractivity contribution in [3.05, 3.63) is 78.0 Å². The number of ether oxygens (including phenoxy) is 1. The number of amides is 1. The van der Waals surface area contributed by atoms with Crippen LogP contribution in [0.2, 0.25) is 0 Å². The van der Waals surface area contributed by atoms with Gasteiger partial charge in [0.15, 0.2) is 0 Å². The lowest BCUT2D eigenvalue weighted by molar-refractivity contribution is 0.0956. The molecule has 0 unspecified atom stereocenters. The number of fused-ring (bicyclic) bond motifs is 2. The standard InChI is InChI=1S/C22H20N2O2/c1-26-17-10-9-15-5-4-6-16(19(15)13-17)11-12-23-22(25)20-14-24-21-8-3-2-7-18(20)21/h2-10,13-14,24H,11-12H2,1H3,(H,23,25). The second-order valence-electron chi connectivity index (χ2n) is 6.26. The summed E-state index contributed by atoms with van der Waals surface area (Å²) in [6.45, 7) is 0.578. The minimum absolute atomic E-state index is 0.0553. The van der Waals surface area contributed by atoms with Gasteiger partial charge in [0.1, 0.15) is 5.75 Å². The van der Waals surface area contributed by atoms with Gasteiger partial charge in [-0.3, -0.25) is 4.79 Å². The first-order chi connectivity index (χ1) is 12.8. The molecule has 26 heavy (non-hydrogen) atoms. The van der Waals surface area contributed by atoms with Crippen LogP contribution in [0.15, 0.2) is 66.9 Å². The van der Waals surface area contributed by atoms with Crippen LogP contribution in [0.3, 0.4) is 0 Å². The van der Waals surface area contributed by atoms with E-state index in [0.717, 1.165) is 28.5 Å². The second kappa shape index (κ2) is 6.92. The van der Waals surface area contributed by atoms with Crippen molar-refractivity contribution in [1.82, 2.24) is 10.3 Å². The summed E-state index contributed by atoms with van der Waals surface area (Å²) in [5, 5.41) is 6.31. The van der Waals surface area contributed by atoms with Crippen LogP contribution in [0, 0.1) is 0 Å². The summed E-state index contributed by atoms with van der Waals surface area (Å²) in [6.07, 6.45) is 2.53. The van der Waals surface area contributed by atoms with Gasteiger partial charge >= 0.3 is 0 Å². The maximum absolute atomic E-state index is 12.5. The van der Waals surface area contributed by atoms with Gasteiger partial charge in [-0.1, -0.05) is 42.5 Å². The first-order valence-electron chi connectivity index (χ1n) is 8.66. The van der Waals surface area contributed by atoms with Crippen LogP contribution < -0.4 is 10.1 Å². The highest BCUT2D eigenvalue weighted by Gasteiger charge is 2.11. The van der Waals surface area contributed by atoms with Gasteiger partial charge in [-0.2, -0.15) is 0 Å². The highest BCUT2D eigenvalue weighted by atomic mass is 16.5. The number of H-pyrrole nitrogens is 1. The zero-order chi connectivity index (χ0) is 17.9. The third-order valence-electron chi connectivity index (χ3n) is 4.69. The average molecular weight is 344 g/mol. The van der Waals surface area contributed by atoms with E-state index < -0.39 is 0 Å². The number of benzene rings is 3. The van der Waals surface area contributed by atoms with E-state index in [1.54, 1.807) is 13.3 Å². The van der Waals surface area contributed by atoms with Gasteiger partial charge in [0.2, 0.25) is 0 Å². The number of hydrogen-bond acceptors (Lipinski definition) is 2. The van der Waals surface area contributed by atoms with Gasteiger partial charge in [-0.25, -0.2) is 0 Å². The van der Waals surface area contributed by atoms with E-state index in [9.17, 15) is 4.79 Å². The van der Waals surface area contributed by atoms with Crippen LogP contribution in [0.25, 0.3) is 21.7 Å². The maximum Gasteiger partial charge on any atom is 0.253 e. The summed E-state index contributed by atoms with van der Waals surface area (Å²) in [5.74, 6) is 0.785. The van der Waals surface area contributed by atoms with Gasteiger partial charge in [-0.05, 0) is 41.0 Å². The molecule has 0 radical (unpaired) electrons. The lowest BCUT2D eigenvalue weighted by atomic mass is 10.0. The van der Waals surface area contributed by atoms with Crippen LogP contribution in [0.4, 0.5) is 0 Å². The Bertz CT molecular complexity index is 1080. The van der Waals surface area contributed by atoms with E-state index in [4.69, 9.17) is 4.74 Å². The minimum atomic E-state index is -0.0553. The van der Waals surface area contributed by atoms with E-state index in [-0.39, 0.29) is 5.91 Å². The molecule has 130 valence electrons. The van der Waals surface area contributed by atoms with Crippen LogP contribution in [0.5, 0.6) is 5.75 Å². The summed E-state index contributed by atoms with van der Waals surface area (Å²) in [4.78, 5) is 15.7. The first kappa shape index (κ1) is 16.2. The topological polar surface area (TPSA) is 54.1 Å². The molecule has 2 N–H and O–H groups in total.